The van der Waals surface area contributed by atoms with E-state index < -0.39 is 11.6 Å². The quantitative estimate of drug-likeness (QED) is 0.859. The minimum Gasteiger partial charge on any atom is -0.458 e. The van der Waals surface area contributed by atoms with E-state index in [0.717, 1.165) is 11.4 Å². The van der Waals surface area contributed by atoms with Crippen LogP contribution in [0.25, 0.3) is 0 Å². The van der Waals surface area contributed by atoms with Gasteiger partial charge in [-0.15, -0.1) is 0 Å². The zero-order chi connectivity index (χ0) is 15.5. The van der Waals surface area contributed by atoms with Crippen molar-refractivity contribution in [1.29, 1.82) is 0 Å². The lowest BCUT2D eigenvalue weighted by Gasteiger charge is -2.26. The molecule has 0 aromatic carbocycles. The zero-order valence-electron chi connectivity index (χ0n) is 13.4. The monoisotopic (exact) mass is 279 g/mol. The van der Waals surface area contributed by atoms with Crippen LogP contribution < -0.4 is 5.32 Å². The Morgan fingerprint density at radius 3 is 2.10 bits per heavy atom. The number of aryl methyl sites for hydroxylation is 2. The van der Waals surface area contributed by atoms with Crippen molar-refractivity contribution >= 4 is 11.9 Å². The summed E-state index contributed by atoms with van der Waals surface area (Å²) in [5, 5.41) is 3.09. The number of carbonyl (C=O) groups excluding carboxylic acids is 1. The summed E-state index contributed by atoms with van der Waals surface area (Å²) in [6, 6.07) is 1.43. The molecule has 0 amide bonds. The van der Waals surface area contributed by atoms with Gasteiger partial charge in [0.15, 0.2) is 0 Å². The van der Waals surface area contributed by atoms with Crippen LogP contribution in [0.2, 0.25) is 0 Å². The van der Waals surface area contributed by atoms with Crippen molar-refractivity contribution in [3.63, 3.8) is 0 Å². The van der Waals surface area contributed by atoms with Crippen molar-refractivity contribution in [3.8, 4) is 0 Å². The Morgan fingerprint density at radius 2 is 1.70 bits per heavy atom. The third-order valence-corrected chi connectivity index (χ3v) is 2.59. The van der Waals surface area contributed by atoms with E-state index in [0.29, 0.717) is 5.95 Å². The highest BCUT2D eigenvalue weighted by Gasteiger charge is 2.28. The van der Waals surface area contributed by atoms with E-state index in [1.165, 1.54) is 0 Å². The Bertz CT molecular complexity index is 458. The first-order chi connectivity index (χ1) is 9.08. The fraction of sp³-hybridized carbons (Fsp3) is 0.667. The number of aromatic nitrogens is 2. The predicted octanol–water partition coefficient (Wildman–Crippen LogP) is 2.87. The van der Waals surface area contributed by atoms with Crippen molar-refractivity contribution in [2.24, 2.45) is 5.92 Å². The number of nitrogens with one attached hydrogen (secondary N) is 1. The van der Waals surface area contributed by atoms with Crippen LogP contribution in [0.1, 0.15) is 46.0 Å². The van der Waals surface area contributed by atoms with Gasteiger partial charge < -0.3 is 10.1 Å². The molecule has 1 aromatic rings. The molecule has 0 radical (unpaired) electrons. The maximum Gasteiger partial charge on any atom is 0.329 e. The number of carbonyl (C=O) groups is 1. The van der Waals surface area contributed by atoms with Crippen LogP contribution in [0.3, 0.4) is 0 Å². The summed E-state index contributed by atoms with van der Waals surface area (Å²) < 4.78 is 5.44. The van der Waals surface area contributed by atoms with Crippen LogP contribution in [0.4, 0.5) is 5.95 Å². The first-order valence-corrected chi connectivity index (χ1v) is 6.90. The number of hydrogen-bond donors (Lipinski definition) is 1. The van der Waals surface area contributed by atoms with Gasteiger partial charge in [0.05, 0.1) is 0 Å². The van der Waals surface area contributed by atoms with Gasteiger partial charge in [-0.1, -0.05) is 13.8 Å². The number of esters is 1. The van der Waals surface area contributed by atoms with Crippen LogP contribution in [0.15, 0.2) is 6.07 Å². The summed E-state index contributed by atoms with van der Waals surface area (Å²) in [4.78, 5) is 20.8. The molecule has 112 valence electrons. The highest BCUT2D eigenvalue weighted by atomic mass is 16.6. The molecule has 0 bridgehead atoms. The molecule has 0 spiro atoms. The Hall–Kier alpha value is -1.65. The molecule has 5 nitrogen and oxygen atoms in total. The van der Waals surface area contributed by atoms with E-state index in [1.807, 2.05) is 54.5 Å². The molecule has 0 aliphatic heterocycles. The number of rotatable bonds is 4. The number of nitrogens with zero attached hydrogens (tertiary/aromatic N) is 2. The lowest BCUT2D eigenvalue weighted by molar-refractivity contribution is -0.156. The number of hydrogen-bond acceptors (Lipinski definition) is 5. The smallest absolute Gasteiger partial charge is 0.329 e. The Labute approximate surface area is 121 Å². The molecule has 5 heteroatoms. The van der Waals surface area contributed by atoms with Gasteiger partial charge in [0, 0.05) is 11.4 Å². The molecule has 1 atom stereocenters. The van der Waals surface area contributed by atoms with Gasteiger partial charge in [0.25, 0.3) is 0 Å². The second kappa shape index (κ2) is 6.20. The molecule has 0 aliphatic rings. The lowest BCUT2D eigenvalue weighted by Crippen LogP contribution is -2.40. The van der Waals surface area contributed by atoms with Crippen LogP contribution in [-0.4, -0.2) is 27.6 Å². The van der Waals surface area contributed by atoms with Crippen molar-refractivity contribution in [2.75, 3.05) is 5.32 Å². The summed E-state index contributed by atoms with van der Waals surface area (Å²) in [6.45, 7) is 13.3. The molecular weight excluding hydrogens is 254 g/mol. The van der Waals surface area contributed by atoms with Crippen LogP contribution >= 0.6 is 0 Å². The maximum atomic E-state index is 12.2. The van der Waals surface area contributed by atoms with Gasteiger partial charge in [-0.25, -0.2) is 14.8 Å². The van der Waals surface area contributed by atoms with Gasteiger partial charge in [-0.2, -0.15) is 0 Å². The lowest BCUT2D eigenvalue weighted by atomic mass is 10.0. The summed E-state index contributed by atoms with van der Waals surface area (Å²) in [6.07, 6.45) is 0. The molecule has 0 aliphatic carbocycles. The van der Waals surface area contributed by atoms with Crippen molar-refractivity contribution in [2.45, 2.75) is 60.1 Å². The van der Waals surface area contributed by atoms with E-state index in [4.69, 9.17) is 4.74 Å². The largest absolute Gasteiger partial charge is 0.458 e. The first kappa shape index (κ1) is 16.4. The second-order valence-corrected chi connectivity index (χ2v) is 6.37. The van der Waals surface area contributed by atoms with Gasteiger partial charge in [0.2, 0.25) is 5.95 Å². The molecular formula is C15H25N3O2. The second-order valence-electron chi connectivity index (χ2n) is 6.37. The van der Waals surface area contributed by atoms with Gasteiger partial charge in [-0.05, 0) is 46.6 Å². The minimum absolute atomic E-state index is 0.0780. The average molecular weight is 279 g/mol. The van der Waals surface area contributed by atoms with E-state index in [-0.39, 0.29) is 11.9 Å². The van der Waals surface area contributed by atoms with Crippen molar-refractivity contribution in [1.82, 2.24) is 9.97 Å². The van der Waals surface area contributed by atoms with E-state index in [2.05, 4.69) is 15.3 Å². The highest BCUT2D eigenvalue weighted by Crippen LogP contribution is 2.15. The summed E-state index contributed by atoms with van der Waals surface area (Å²) in [7, 11) is 0. The topological polar surface area (TPSA) is 64.1 Å². The van der Waals surface area contributed by atoms with Gasteiger partial charge >= 0.3 is 5.97 Å². The van der Waals surface area contributed by atoms with Crippen LogP contribution in [0.5, 0.6) is 0 Å². The molecule has 0 unspecified atom stereocenters. The number of ether oxygens (including phenoxy) is 1. The molecule has 1 aromatic heterocycles. The maximum absolute atomic E-state index is 12.2. The molecule has 0 saturated heterocycles. The third kappa shape index (κ3) is 5.15. The number of anilines is 1. The molecule has 1 rings (SSSR count). The SMILES string of the molecule is Cc1cc(C)nc(N[C@H](C(=O)OC(C)(C)C)C(C)C)n1. The minimum atomic E-state index is -0.505. The summed E-state index contributed by atoms with van der Waals surface area (Å²) in [5.74, 6) is 0.261. The fourth-order valence-electron chi connectivity index (χ4n) is 1.79. The van der Waals surface area contributed by atoms with Crippen LogP contribution in [0, 0.1) is 19.8 Å². The normalized spacial score (nSPS) is 13.2. The fourth-order valence-corrected chi connectivity index (χ4v) is 1.79. The summed E-state index contributed by atoms with van der Waals surface area (Å²) >= 11 is 0. The van der Waals surface area contributed by atoms with E-state index in [1.54, 1.807) is 0 Å². The van der Waals surface area contributed by atoms with Crippen LogP contribution in [-0.2, 0) is 9.53 Å². The van der Waals surface area contributed by atoms with Crippen molar-refractivity contribution in [3.05, 3.63) is 17.5 Å². The molecule has 0 fully saturated rings. The van der Waals surface area contributed by atoms with Gasteiger partial charge in [-0.3, -0.25) is 0 Å². The molecule has 20 heavy (non-hydrogen) atoms. The van der Waals surface area contributed by atoms with Gasteiger partial charge in [0.1, 0.15) is 11.6 Å². The zero-order valence-corrected chi connectivity index (χ0v) is 13.4. The van der Waals surface area contributed by atoms with Crippen molar-refractivity contribution < 1.29 is 9.53 Å². The third-order valence-electron chi connectivity index (χ3n) is 2.59. The standard InChI is InChI=1S/C15H25N3O2/c1-9(2)12(13(19)20-15(5,6)7)18-14-16-10(3)8-11(4)17-14/h8-9,12H,1-7H3,(H,16,17,18)/t12-/m0/s1. The Kier molecular flexibility index (Phi) is 5.09. The molecule has 1 heterocycles. The summed E-state index contributed by atoms with van der Waals surface area (Å²) in [5.41, 5.74) is 1.23. The molecule has 0 saturated carbocycles. The predicted molar refractivity (Wildman–Crippen MR) is 79.6 cm³/mol. The highest BCUT2D eigenvalue weighted by molar-refractivity contribution is 5.79. The van der Waals surface area contributed by atoms with E-state index in [9.17, 15) is 4.79 Å². The Balaban J connectivity index is 2.90. The van der Waals surface area contributed by atoms with E-state index >= 15 is 0 Å². The average Bonchev–Trinajstić information content (AvgIpc) is 2.21. The first-order valence-electron chi connectivity index (χ1n) is 6.90. The molecule has 1 N–H and O–H groups in total. The Morgan fingerprint density at radius 1 is 1.20 bits per heavy atom.